The summed E-state index contributed by atoms with van der Waals surface area (Å²) in [5.74, 6) is 0.725. The highest BCUT2D eigenvalue weighted by Gasteiger charge is 2.21. The number of fused-ring (bicyclic) bond motifs is 1. The van der Waals surface area contributed by atoms with Gasteiger partial charge in [0.25, 0.3) is 0 Å². The van der Waals surface area contributed by atoms with Crippen LogP contribution in [0.25, 0.3) is 0 Å². The molecule has 1 atom stereocenters. The van der Waals surface area contributed by atoms with Crippen molar-refractivity contribution in [2.24, 2.45) is 5.92 Å². The van der Waals surface area contributed by atoms with Crippen LogP contribution in [0.3, 0.4) is 0 Å². The van der Waals surface area contributed by atoms with Crippen molar-refractivity contribution in [1.82, 2.24) is 5.32 Å². The van der Waals surface area contributed by atoms with Crippen LogP contribution in [0.5, 0.6) is 0 Å². The Morgan fingerprint density at radius 1 is 1.05 bits per heavy atom. The van der Waals surface area contributed by atoms with Crippen LogP contribution in [-0.2, 0) is 19.5 Å². The first-order chi connectivity index (χ1) is 10.3. The van der Waals surface area contributed by atoms with E-state index >= 15 is 0 Å². The molecular formula is C19H24N2. The summed E-state index contributed by atoms with van der Waals surface area (Å²) in [6.07, 6.45) is 1.20. The van der Waals surface area contributed by atoms with Crippen molar-refractivity contribution in [2.75, 3.05) is 18.5 Å². The number of anilines is 1. The SMILES string of the molecule is CNCc1ccc(CN2CC(C)Cc3ccccc32)cc1. The second kappa shape index (κ2) is 6.31. The van der Waals surface area contributed by atoms with Crippen LogP contribution < -0.4 is 10.2 Å². The molecule has 2 aromatic rings. The molecule has 2 heteroatoms. The van der Waals surface area contributed by atoms with Gasteiger partial charge in [0.1, 0.15) is 0 Å². The summed E-state index contributed by atoms with van der Waals surface area (Å²) >= 11 is 0. The van der Waals surface area contributed by atoms with Gasteiger partial charge in [-0.1, -0.05) is 49.4 Å². The lowest BCUT2D eigenvalue weighted by Crippen LogP contribution is -2.33. The van der Waals surface area contributed by atoms with E-state index in [4.69, 9.17) is 0 Å². The molecule has 0 fully saturated rings. The molecule has 3 rings (SSSR count). The lowest BCUT2D eigenvalue weighted by Gasteiger charge is -2.35. The Morgan fingerprint density at radius 3 is 2.52 bits per heavy atom. The lowest BCUT2D eigenvalue weighted by molar-refractivity contribution is 0.530. The molecule has 1 aliphatic rings. The maximum Gasteiger partial charge on any atom is 0.0429 e. The van der Waals surface area contributed by atoms with Crippen LogP contribution >= 0.6 is 0 Å². The minimum atomic E-state index is 0.725. The number of hydrogen-bond acceptors (Lipinski definition) is 2. The third-order valence-corrected chi connectivity index (χ3v) is 4.21. The number of rotatable bonds is 4. The molecule has 0 saturated heterocycles. The standard InChI is InChI=1S/C19H24N2/c1-15-11-18-5-3-4-6-19(18)21(13-15)14-17-9-7-16(8-10-17)12-20-2/h3-10,15,20H,11-14H2,1-2H3. The highest BCUT2D eigenvalue weighted by atomic mass is 15.1. The average molecular weight is 280 g/mol. The third-order valence-electron chi connectivity index (χ3n) is 4.21. The van der Waals surface area contributed by atoms with Crippen molar-refractivity contribution in [3.63, 3.8) is 0 Å². The Morgan fingerprint density at radius 2 is 1.76 bits per heavy atom. The van der Waals surface area contributed by atoms with Gasteiger partial charge in [-0.05, 0) is 42.1 Å². The number of hydrogen-bond donors (Lipinski definition) is 1. The Kier molecular flexibility index (Phi) is 4.26. The van der Waals surface area contributed by atoms with Crippen LogP contribution in [0, 0.1) is 5.92 Å². The van der Waals surface area contributed by atoms with E-state index in [1.165, 1.54) is 28.8 Å². The van der Waals surface area contributed by atoms with Gasteiger partial charge < -0.3 is 10.2 Å². The molecule has 1 heterocycles. The van der Waals surface area contributed by atoms with Gasteiger partial charge in [-0.3, -0.25) is 0 Å². The molecule has 110 valence electrons. The summed E-state index contributed by atoms with van der Waals surface area (Å²) in [5, 5.41) is 3.19. The number of benzene rings is 2. The summed E-state index contributed by atoms with van der Waals surface area (Å²) in [4.78, 5) is 2.52. The van der Waals surface area contributed by atoms with Crippen LogP contribution in [0.15, 0.2) is 48.5 Å². The van der Waals surface area contributed by atoms with Crippen LogP contribution in [-0.4, -0.2) is 13.6 Å². The van der Waals surface area contributed by atoms with E-state index in [0.717, 1.165) is 25.6 Å². The Balaban J connectivity index is 1.78. The van der Waals surface area contributed by atoms with E-state index in [1.54, 1.807) is 0 Å². The fraction of sp³-hybridized carbons (Fsp3) is 0.368. The maximum absolute atomic E-state index is 3.19. The van der Waals surface area contributed by atoms with Gasteiger partial charge in [0.2, 0.25) is 0 Å². The number of nitrogens with zero attached hydrogens (tertiary/aromatic N) is 1. The third kappa shape index (κ3) is 3.27. The molecule has 0 amide bonds. The Hall–Kier alpha value is -1.80. The fourth-order valence-corrected chi connectivity index (χ4v) is 3.24. The molecule has 0 spiro atoms. The van der Waals surface area contributed by atoms with E-state index < -0.39 is 0 Å². The molecule has 1 aliphatic heterocycles. The molecule has 0 aliphatic carbocycles. The van der Waals surface area contributed by atoms with Crippen molar-refractivity contribution < 1.29 is 0 Å². The van der Waals surface area contributed by atoms with Gasteiger partial charge >= 0.3 is 0 Å². The van der Waals surface area contributed by atoms with Crippen molar-refractivity contribution >= 4 is 5.69 Å². The maximum atomic E-state index is 3.19. The minimum absolute atomic E-state index is 0.725. The normalized spacial score (nSPS) is 17.6. The molecule has 0 radical (unpaired) electrons. The predicted octanol–water partition coefficient (Wildman–Crippen LogP) is 3.60. The molecule has 1 N–H and O–H groups in total. The summed E-state index contributed by atoms with van der Waals surface area (Å²) in [5.41, 5.74) is 5.63. The van der Waals surface area contributed by atoms with Gasteiger partial charge in [0.15, 0.2) is 0 Å². The summed E-state index contributed by atoms with van der Waals surface area (Å²) in [6, 6.07) is 17.8. The van der Waals surface area contributed by atoms with E-state index in [0.29, 0.717) is 0 Å². The van der Waals surface area contributed by atoms with Gasteiger partial charge in [0.05, 0.1) is 0 Å². The zero-order chi connectivity index (χ0) is 14.7. The largest absolute Gasteiger partial charge is 0.367 e. The lowest BCUT2D eigenvalue weighted by atomic mass is 9.93. The molecule has 0 saturated carbocycles. The van der Waals surface area contributed by atoms with Gasteiger partial charge in [-0.2, -0.15) is 0 Å². The summed E-state index contributed by atoms with van der Waals surface area (Å²) in [7, 11) is 1.99. The van der Waals surface area contributed by atoms with Gasteiger partial charge in [-0.15, -0.1) is 0 Å². The first kappa shape index (κ1) is 14.2. The fourth-order valence-electron chi connectivity index (χ4n) is 3.24. The number of para-hydroxylation sites is 1. The van der Waals surface area contributed by atoms with Crippen molar-refractivity contribution in [3.05, 3.63) is 65.2 Å². The molecule has 2 nitrogen and oxygen atoms in total. The van der Waals surface area contributed by atoms with Crippen LogP contribution in [0.4, 0.5) is 5.69 Å². The van der Waals surface area contributed by atoms with E-state index in [9.17, 15) is 0 Å². The van der Waals surface area contributed by atoms with E-state index in [-0.39, 0.29) is 0 Å². The molecule has 1 unspecified atom stereocenters. The molecule has 2 aromatic carbocycles. The molecule has 0 bridgehead atoms. The molecule has 0 aromatic heterocycles. The zero-order valence-corrected chi connectivity index (χ0v) is 13.0. The van der Waals surface area contributed by atoms with E-state index in [1.807, 2.05) is 7.05 Å². The molecule has 21 heavy (non-hydrogen) atoms. The average Bonchev–Trinajstić information content (AvgIpc) is 2.49. The van der Waals surface area contributed by atoms with Crippen molar-refractivity contribution in [3.8, 4) is 0 Å². The quantitative estimate of drug-likeness (QED) is 0.920. The topological polar surface area (TPSA) is 15.3 Å². The second-order valence-electron chi connectivity index (χ2n) is 6.17. The van der Waals surface area contributed by atoms with Gasteiger partial charge in [0, 0.05) is 25.3 Å². The van der Waals surface area contributed by atoms with Crippen LogP contribution in [0.1, 0.15) is 23.6 Å². The Labute approximate surface area is 127 Å². The second-order valence-corrected chi connectivity index (χ2v) is 6.17. The van der Waals surface area contributed by atoms with Crippen molar-refractivity contribution in [2.45, 2.75) is 26.4 Å². The first-order valence-corrected chi connectivity index (χ1v) is 7.81. The predicted molar refractivity (Wildman–Crippen MR) is 89.6 cm³/mol. The highest BCUT2D eigenvalue weighted by Crippen LogP contribution is 2.30. The smallest absolute Gasteiger partial charge is 0.0429 e. The summed E-state index contributed by atoms with van der Waals surface area (Å²) in [6.45, 7) is 5.43. The summed E-state index contributed by atoms with van der Waals surface area (Å²) < 4.78 is 0. The van der Waals surface area contributed by atoms with E-state index in [2.05, 4.69) is 65.7 Å². The number of nitrogens with one attached hydrogen (secondary N) is 1. The molecular weight excluding hydrogens is 256 g/mol. The Bertz CT molecular complexity index is 589. The van der Waals surface area contributed by atoms with Crippen LogP contribution in [0.2, 0.25) is 0 Å². The zero-order valence-electron chi connectivity index (χ0n) is 13.0. The first-order valence-electron chi connectivity index (χ1n) is 7.81. The van der Waals surface area contributed by atoms with Crippen molar-refractivity contribution in [1.29, 1.82) is 0 Å². The minimum Gasteiger partial charge on any atom is -0.367 e. The highest BCUT2D eigenvalue weighted by molar-refractivity contribution is 5.56. The monoisotopic (exact) mass is 280 g/mol. The van der Waals surface area contributed by atoms with Gasteiger partial charge in [-0.25, -0.2) is 0 Å².